The summed E-state index contributed by atoms with van der Waals surface area (Å²) in [6.45, 7) is 7.82. The number of piperidine rings is 1. The van der Waals surface area contributed by atoms with E-state index in [-0.39, 0.29) is 11.5 Å². The fourth-order valence-corrected chi connectivity index (χ4v) is 4.35. The van der Waals surface area contributed by atoms with Crippen molar-refractivity contribution in [3.8, 4) is 0 Å². The number of hydrogen-bond donors (Lipinski definition) is 2. The summed E-state index contributed by atoms with van der Waals surface area (Å²) >= 11 is 0. The molecule has 3 amide bonds. The van der Waals surface area contributed by atoms with Crippen molar-refractivity contribution in [3.05, 3.63) is 88.8 Å². The van der Waals surface area contributed by atoms with Gasteiger partial charge in [0.2, 0.25) is 5.91 Å². The largest absolute Gasteiger partial charge is 0.351 e. The number of allylic oxidation sites excluding steroid dienone is 1. The fraction of sp³-hybridized carbons (Fsp3) is 0.286. The third-order valence-corrected chi connectivity index (χ3v) is 6.46. The van der Waals surface area contributed by atoms with E-state index in [4.69, 9.17) is 0 Å². The minimum Gasteiger partial charge on any atom is -0.351 e. The molecule has 1 atom stereocenters. The molecular formula is C28H29N3O4. The maximum atomic E-state index is 12.9. The maximum absolute atomic E-state index is 12.9. The summed E-state index contributed by atoms with van der Waals surface area (Å²) < 4.78 is 0. The number of nitrogens with one attached hydrogen (secondary N) is 2. The van der Waals surface area contributed by atoms with Crippen molar-refractivity contribution < 1.29 is 19.2 Å². The van der Waals surface area contributed by atoms with Gasteiger partial charge in [0.15, 0.2) is 0 Å². The first kappa shape index (κ1) is 24.1. The molecular weight excluding hydrogens is 442 g/mol. The molecule has 2 aliphatic heterocycles. The lowest BCUT2D eigenvalue weighted by molar-refractivity contribution is -0.146. The second kappa shape index (κ2) is 10.1. The van der Waals surface area contributed by atoms with E-state index in [0.717, 1.165) is 16.0 Å². The smallest absolute Gasteiger partial charge is 0.278 e. The van der Waals surface area contributed by atoms with Crippen LogP contribution in [0.3, 0.4) is 0 Å². The molecule has 0 bridgehead atoms. The zero-order valence-electron chi connectivity index (χ0n) is 20.0. The molecule has 1 unspecified atom stereocenters. The molecule has 2 aliphatic rings. The molecule has 2 aromatic carbocycles. The lowest BCUT2D eigenvalue weighted by Crippen LogP contribution is -2.52. The highest BCUT2D eigenvalue weighted by molar-refractivity contribution is 6.19. The van der Waals surface area contributed by atoms with Gasteiger partial charge < -0.3 is 10.6 Å². The first-order valence-corrected chi connectivity index (χ1v) is 11.7. The summed E-state index contributed by atoms with van der Waals surface area (Å²) in [6, 6.07) is 12.7. The maximum Gasteiger partial charge on any atom is 0.278 e. The SMILES string of the molecule is C=C1CCC(N2C(=O)C=C(Nc3cccc(CCC(=O)Cc4ccc(C)c(C)c4)c3)C2=O)C(=O)N1. The van der Waals surface area contributed by atoms with E-state index in [1.54, 1.807) is 6.07 Å². The van der Waals surface area contributed by atoms with Gasteiger partial charge in [-0.2, -0.15) is 0 Å². The van der Waals surface area contributed by atoms with Crippen LogP contribution in [0.1, 0.15) is 41.5 Å². The minimum absolute atomic E-state index is 0.121. The predicted molar refractivity (Wildman–Crippen MR) is 133 cm³/mol. The van der Waals surface area contributed by atoms with Crippen molar-refractivity contribution in [1.29, 1.82) is 0 Å². The first-order valence-electron chi connectivity index (χ1n) is 11.7. The molecule has 35 heavy (non-hydrogen) atoms. The Bertz CT molecular complexity index is 1260. The number of benzene rings is 2. The molecule has 1 saturated heterocycles. The molecule has 7 nitrogen and oxygen atoms in total. The van der Waals surface area contributed by atoms with Gasteiger partial charge in [-0.15, -0.1) is 0 Å². The van der Waals surface area contributed by atoms with E-state index >= 15 is 0 Å². The molecule has 1 fully saturated rings. The van der Waals surface area contributed by atoms with Crippen LogP contribution in [-0.4, -0.2) is 34.4 Å². The summed E-state index contributed by atoms with van der Waals surface area (Å²) in [5.41, 5.74) is 5.69. The van der Waals surface area contributed by atoms with Crippen LogP contribution in [0.15, 0.2) is 66.5 Å². The van der Waals surface area contributed by atoms with Gasteiger partial charge in [-0.3, -0.25) is 24.1 Å². The van der Waals surface area contributed by atoms with Crippen LogP contribution in [0.25, 0.3) is 0 Å². The molecule has 0 aliphatic carbocycles. The van der Waals surface area contributed by atoms with E-state index in [1.165, 1.54) is 17.2 Å². The zero-order chi connectivity index (χ0) is 25.1. The summed E-state index contributed by atoms with van der Waals surface area (Å²) in [5.74, 6) is -1.28. The molecule has 2 aromatic rings. The summed E-state index contributed by atoms with van der Waals surface area (Å²) in [4.78, 5) is 51.2. The van der Waals surface area contributed by atoms with Gasteiger partial charge in [0.25, 0.3) is 11.8 Å². The van der Waals surface area contributed by atoms with Crippen LogP contribution < -0.4 is 10.6 Å². The normalized spacial score (nSPS) is 17.9. The third kappa shape index (κ3) is 5.57. The Morgan fingerprint density at radius 2 is 1.89 bits per heavy atom. The van der Waals surface area contributed by atoms with Crippen LogP contribution in [0.2, 0.25) is 0 Å². The lowest BCUT2D eigenvalue weighted by Gasteiger charge is -2.29. The summed E-state index contributed by atoms with van der Waals surface area (Å²) in [6.07, 6.45) is 3.48. The average molecular weight is 472 g/mol. The second-order valence-corrected chi connectivity index (χ2v) is 9.18. The summed E-state index contributed by atoms with van der Waals surface area (Å²) in [7, 11) is 0. The minimum atomic E-state index is -0.842. The number of nitrogens with zero attached hydrogens (tertiary/aromatic N) is 1. The number of imide groups is 1. The Morgan fingerprint density at radius 1 is 1.09 bits per heavy atom. The molecule has 4 rings (SSSR count). The Hall–Kier alpha value is -4.00. The van der Waals surface area contributed by atoms with Gasteiger partial charge in [-0.1, -0.05) is 36.9 Å². The van der Waals surface area contributed by atoms with Crippen molar-refractivity contribution in [1.82, 2.24) is 10.2 Å². The van der Waals surface area contributed by atoms with Gasteiger partial charge in [-0.05, 0) is 67.5 Å². The number of anilines is 1. The fourth-order valence-electron chi connectivity index (χ4n) is 4.35. The van der Waals surface area contributed by atoms with E-state index in [0.29, 0.717) is 43.5 Å². The Balaban J connectivity index is 1.35. The van der Waals surface area contributed by atoms with Crippen LogP contribution in [0.5, 0.6) is 0 Å². The Kier molecular flexibility index (Phi) is 6.96. The number of carbonyl (C=O) groups excluding carboxylic acids is 4. The topological polar surface area (TPSA) is 95.6 Å². The summed E-state index contributed by atoms with van der Waals surface area (Å²) in [5, 5.41) is 5.62. The lowest BCUT2D eigenvalue weighted by atomic mass is 9.99. The van der Waals surface area contributed by atoms with Crippen molar-refractivity contribution in [2.75, 3.05) is 5.32 Å². The van der Waals surface area contributed by atoms with Crippen LogP contribution in [0, 0.1) is 13.8 Å². The van der Waals surface area contributed by atoms with Gasteiger partial charge in [0.05, 0.1) is 0 Å². The number of aryl methyl sites for hydroxylation is 3. The number of amides is 3. The number of hydrogen-bond acceptors (Lipinski definition) is 5. The average Bonchev–Trinajstić information content (AvgIpc) is 3.08. The standard InChI is InChI=1S/C28H29N3O4/c1-17-7-9-21(13-18(17)2)15-23(32)11-10-20-5-4-6-22(14-20)30-24-16-26(33)31(28(24)35)25-12-8-19(3)29-27(25)34/h4-7,9,13-14,16,25,30H,3,8,10-12,15H2,1-2H3,(H,29,34). The van der Waals surface area contributed by atoms with Gasteiger partial charge in [0.1, 0.15) is 17.5 Å². The van der Waals surface area contributed by atoms with Crippen molar-refractivity contribution in [2.24, 2.45) is 0 Å². The predicted octanol–water partition coefficient (Wildman–Crippen LogP) is 3.50. The number of rotatable bonds is 8. The van der Waals surface area contributed by atoms with Gasteiger partial charge >= 0.3 is 0 Å². The van der Waals surface area contributed by atoms with Crippen LogP contribution >= 0.6 is 0 Å². The van der Waals surface area contributed by atoms with E-state index < -0.39 is 23.8 Å². The molecule has 2 heterocycles. The van der Waals surface area contributed by atoms with Crippen molar-refractivity contribution >= 4 is 29.2 Å². The van der Waals surface area contributed by atoms with Crippen molar-refractivity contribution in [3.63, 3.8) is 0 Å². The van der Waals surface area contributed by atoms with E-state index in [1.807, 2.05) is 37.3 Å². The van der Waals surface area contributed by atoms with Crippen LogP contribution in [-0.2, 0) is 32.0 Å². The van der Waals surface area contributed by atoms with E-state index in [2.05, 4.69) is 30.2 Å². The molecule has 7 heteroatoms. The highest BCUT2D eigenvalue weighted by Gasteiger charge is 2.41. The molecule has 0 saturated carbocycles. The van der Waals surface area contributed by atoms with Gasteiger partial charge in [0, 0.05) is 30.3 Å². The monoisotopic (exact) mass is 471 g/mol. The van der Waals surface area contributed by atoms with Crippen LogP contribution in [0.4, 0.5) is 5.69 Å². The Labute approximate surface area is 204 Å². The van der Waals surface area contributed by atoms with E-state index in [9.17, 15) is 19.2 Å². The molecule has 180 valence electrons. The molecule has 0 spiro atoms. The number of Topliss-reactive ketones (excluding diaryl/α,β-unsaturated/α-hetero) is 1. The highest BCUT2D eigenvalue weighted by atomic mass is 16.2. The van der Waals surface area contributed by atoms with Crippen molar-refractivity contribution in [2.45, 2.75) is 52.0 Å². The second-order valence-electron chi connectivity index (χ2n) is 9.18. The molecule has 0 radical (unpaired) electrons. The Morgan fingerprint density at radius 3 is 2.63 bits per heavy atom. The zero-order valence-corrected chi connectivity index (χ0v) is 20.0. The molecule has 2 N–H and O–H groups in total. The number of carbonyl (C=O) groups is 4. The highest BCUT2D eigenvalue weighted by Crippen LogP contribution is 2.24. The van der Waals surface area contributed by atoms with Gasteiger partial charge in [-0.25, -0.2) is 0 Å². The number of ketones is 1. The quantitative estimate of drug-likeness (QED) is 0.575. The third-order valence-electron chi connectivity index (χ3n) is 6.46. The first-order chi connectivity index (χ1) is 16.7. The molecule has 0 aromatic heterocycles.